The van der Waals surface area contributed by atoms with Crippen molar-refractivity contribution in [3.8, 4) is 0 Å². The van der Waals surface area contributed by atoms with E-state index in [2.05, 4.69) is 10.3 Å². The molecular formula is C18H19N5O2. The zero-order valence-corrected chi connectivity index (χ0v) is 14.0. The molecule has 128 valence electrons. The second-order valence-electron chi connectivity index (χ2n) is 5.63. The molecule has 3 rings (SSSR count). The van der Waals surface area contributed by atoms with E-state index in [-0.39, 0.29) is 11.8 Å². The third kappa shape index (κ3) is 3.30. The fraction of sp³-hybridized carbons (Fsp3) is 0.167. The van der Waals surface area contributed by atoms with Gasteiger partial charge in [0.25, 0.3) is 0 Å². The highest BCUT2D eigenvalue weighted by Gasteiger charge is 2.11. The van der Waals surface area contributed by atoms with Gasteiger partial charge in [-0.25, -0.2) is 9.78 Å². The largest absolute Gasteiger partial charge is 0.465 e. The summed E-state index contributed by atoms with van der Waals surface area (Å²) in [6, 6.07) is 12.6. The van der Waals surface area contributed by atoms with Crippen LogP contribution >= 0.6 is 0 Å². The van der Waals surface area contributed by atoms with E-state index in [9.17, 15) is 4.79 Å². The normalized spacial score (nSPS) is 10.6. The van der Waals surface area contributed by atoms with Gasteiger partial charge in [0.2, 0.25) is 0 Å². The standard InChI is InChI=1S/C18H19N5O2/c1-23-15-8-5-12(18(24)25-2)9-14(15)22-16(23)10-21-13-6-3-11(4-7-13)17(19)20/h3-9,21H,10H2,1-2H3,(H3,19,20). The number of carbonyl (C=O) groups is 1. The Morgan fingerprint density at radius 3 is 2.56 bits per heavy atom. The third-order valence-electron chi connectivity index (χ3n) is 4.04. The van der Waals surface area contributed by atoms with Gasteiger partial charge in [-0.05, 0) is 42.5 Å². The number of nitrogens with zero attached hydrogens (tertiary/aromatic N) is 2. The average molecular weight is 337 g/mol. The minimum Gasteiger partial charge on any atom is -0.465 e. The predicted octanol–water partition coefficient (Wildman–Crippen LogP) is 2.26. The Morgan fingerprint density at radius 2 is 1.92 bits per heavy atom. The minimum absolute atomic E-state index is 0.0447. The number of benzene rings is 2. The number of esters is 1. The second-order valence-corrected chi connectivity index (χ2v) is 5.63. The lowest BCUT2D eigenvalue weighted by molar-refractivity contribution is 0.0601. The van der Waals surface area contributed by atoms with Crippen LogP contribution in [-0.2, 0) is 18.3 Å². The van der Waals surface area contributed by atoms with Gasteiger partial charge in [0.15, 0.2) is 0 Å². The van der Waals surface area contributed by atoms with E-state index in [0.717, 1.165) is 22.5 Å². The van der Waals surface area contributed by atoms with Gasteiger partial charge in [-0.1, -0.05) is 0 Å². The van der Waals surface area contributed by atoms with Crippen LogP contribution in [0.5, 0.6) is 0 Å². The number of anilines is 1. The van der Waals surface area contributed by atoms with Crippen LogP contribution in [0.15, 0.2) is 42.5 Å². The quantitative estimate of drug-likeness (QED) is 0.376. The maximum absolute atomic E-state index is 11.6. The number of hydrogen-bond donors (Lipinski definition) is 3. The molecule has 0 spiro atoms. The molecule has 0 saturated heterocycles. The van der Waals surface area contributed by atoms with Crippen LogP contribution in [0.25, 0.3) is 11.0 Å². The maximum atomic E-state index is 11.6. The lowest BCUT2D eigenvalue weighted by Gasteiger charge is -2.07. The molecule has 3 aromatic rings. The van der Waals surface area contributed by atoms with Gasteiger partial charge in [-0.15, -0.1) is 0 Å². The average Bonchev–Trinajstić information content (AvgIpc) is 2.95. The Bertz CT molecular complexity index is 944. The van der Waals surface area contributed by atoms with E-state index >= 15 is 0 Å². The smallest absolute Gasteiger partial charge is 0.337 e. The lowest BCUT2D eigenvalue weighted by atomic mass is 10.2. The van der Waals surface area contributed by atoms with Crippen molar-refractivity contribution in [3.63, 3.8) is 0 Å². The van der Waals surface area contributed by atoms with E-state index in [1.165, 1.54) is 7.11 Å². The third-order valence-corrected chi connectivity index (χ3v) is 4.04. The number of aromatic nitrogens is 2. The Morgan fingerprint density at radius 1 is 1.24 bits per heavy atom. The number of nitrogens with two attached hydrogens (primary N) is 1. The number of hydrogen-bond acceptors (Lipinski definition) is 5. The highest BCUT2D eigenvalue weighted by Crippen LogP contribution is 2.18. The molecule has 0 atom stereocenters. The zero-order valence-electron chi connectivity index (χ0n) is 14.0. The van der Waals surface area contributed by atoms with Crippen molar-refractivity contribution in [3.05, 3.63) is 59.4 Å². The van der Waals surface area contributed by atoms with Crippen molar-refractivity contribution in [1.82, 2.24) is 9.55 Å². The highest BCUT2D eigenvalue weighted by atomic mass is 16.5. The molecule has 2 aromatic carbocycles. The molecule has 0 amide bonds. The summed E-state index contributed by atoms with van der Waals surface area (Å²) >= 11 is 0. The number of carbonyl (C=O) groups excluding carboxylic acids is 1. The second kappa shape index (κ2) is 6.64. The monoisotopic (exact) mass is 337 g/mol. The van der Waals surface area contributed by atoms with E-state index in [1.54, 1.807) is 24.3 Å². The van der Waals surface area contributed by atoms with Gasteiger partial charge in [-0.2, -0.15) is 0 Å². The number of rotatable bonds is 5. The molecular weight excluding hydrogens is 318 g/mol. The number of nitrogens with one attached hydrogen (secondary N) is 2. The number of imidazole rings is 1. The van der Waals surface area contributed by atoms with Gasteiger partial charge < -0.3 is 20.4 Å². The summed E-state index contributed by atoms with van der Waals surface area (Å²) in [4.78, 5) is 16.2. The molecule has 4 N–H and O–H groups in total. The van der Waals surface area contributed by atoms with E-state index in [4.69, 9.17) is 15.9 Å². The summed E-state index contributed by atoms with van der Waals surface area (Å²) in [7, 11) is 3.29. The first-order chi connectivity index (χ1) is 12.0. The molecule has 0 radical (unpaired) electrons. The van der Waals surface area contributed by atoms with Gasteiger partial charge in [-0.3, -0.25) is 5.41 Å². The molecule has 1 heterocycles. The SMILES string of the molecule is COC(=O)c1ccc2c(c1)nc(CNc1ccc(C(=N)N)cc1)n2C. The van der Waals surface area contributed by atoms with Crippen molar-refractivity contribution in [2.24, 2.45) is 12.8 Å². The van der Waals surface area contributed by atoms with Crippen LogP contribution in [0, 0.1) is 5.41 Å². The number of nitrogen functional groups attached to an aromatic ring is 1. The van der Waals surface area contributed by atoms with Gasteiger partial charge >= 0.3 is 5.97 Å². The predicted molar refractivity (Wildman–Crippen MR) is 96.8 cm³/mol. The van der Waals surface area contributed by atoms with Gasteiger partial charge in [0, 0.05) is 18.3 Å². The van der Waals surface area contributed by atoms with Crippen LogP contribution in [0.3, 0.4) is 0 Å². The van der Waals surface area contributed by atoms with Crippen molar-refractivity contribution < 1.29 is 9.53 Å². The molecule has 0 aliphatic heterocycles. The van der Waals surface area contributed by atoms with Crippen molar-refractivity contribution in [2.45, 2.75) is 6.54 Å². The molecule has 0 saturated carbocycles. The highest BCUT2D eigenvalue weighted by molar-refractivity contribution is 5.95. The summed E-state index contributed by atoms with van der Waals surface area (Å²) in [5, 5.41) is 10.7. The van der Waals surface area contributed by atoms with E-state index in [1.807, 2.05) is 29.8 Å². The summed E-state index contributed by atoms with van der Waals surface area (Å²) < 4.78 is 6.72. The van der Waals surface area contributed by atoms with Crippen LogP contribution in [0.1, 0.15) is 21.7 Å². The minimum atomic E-state index is -0.377. The molecule has 0 bridgehead atoms. The number of methoxy groups -OCH3 is 1. The lowest BCUT2D eigenvalue weighted by Crippen LogP contribution is -2.11. The number of amidine groups is 1. The number of aryl methyl sites for hydroxylation is 1. The Kier molecular flexibility index (Phi) is 4.38. The molecule has 7 heteroatoms. The topological polar surface area (TPSA) is 106 Å². The Balaban J connectivity index is 1.80. The van der Waals surface area contributed by atoms with Crippen molar-refractivity contribution >= 4 is 28.5 Å². The van der Waals surface area contributed by atoms with Crippen LogP contribution in [-0.4, -0.2) is 28.5 Å². The Labute approximate surface area is 144 Å². The molecule has 0 fully saturated rings. The van der Waals surface area contributed by atoms with Crippen LogP contribution in [0.4, 0.5) is 5.69 Å². The number of fused-ring (bicyclic) bond motifs is 1. The summed E-state index contributed by atoms with van der Waals surface area (Å²) in [5.74, 6) is 0.508. The first-order valence-corrected chi connectivity index (χ1v) is 7.71. The molecule has 7 nitrogen and oxygen atoms in total. The van der Waals surface area contributed by atoms with Crippen LogP contribution in [0.2, 0.25) is 0 Å². The van der Waals surface area contributed by atoms with Crippen molar-refractivity contribution in [1.29, 1.82) is 5.41 Å². The summed E-state index contributed by atoms with van der Waals surface area (Å²) in [6.07, 6.45) is 0. The Hall–Kier alpha value is -3.35. The van der Waals surface area contributed by atoms with Crippen molar-refractivity contribution in [2.75, 3.05) is 12.4 Å². The molecule has 0 unspecified atom stereocenters. The van der Waals surface area contributed by atoms with E-state index < -0.39 is 0 Å². The first kappa shape index (κ1) is 16.5. The van der Waals surface area contributed by atoms with Crippen LogP contribution < -0.4 is 11.1 Å². The number of ether oxygens (including phenoxy) is 1. The molecule has 0 aliphatic carbocycles. The fourth-order valence-electron chi connectivity index (χ4n) is 2.60. The molecule has 25 heavy (non-hydrogen) atoms. The van der Waals surface area contributed by atoms with Gasteiger partial charge in [0.1, 0.15) is 11.7 Å². The first-order valence-electron chi connectivity index (χ1n) is 7.71. The zero-order chi connectivity index (χ0) is 18.0. The summed E-state index contributed by atoms with van der Waals surface area (Å²) in [5.41, 5.74) is 9.21. The summed E-state index contributed by atoms with van der Waals surface area (Å²) in [6.45, 7) is 0.526. The maximum Gasteiger partial charge on any atom is 0.337 e. The van der Waals surface area contributed by atoms with E-state index in [0.29, 0.717) is 17.7 Å². The fourth-order valence-corrected chi connectivity index (χ4v) is 2.60. The molecule has 1 aromatic heterocycles. The molecule has 0 aliphatic rings. The van der Waals surface area contributed by atoms with Gasteiger partial charge in [0.05, 0.1) is 30.3 Å².